The van der Waals surface area contributed by atoms with Crippen LogP contribution in [0.4, 0.5) is 0 Å². The quantitative estimate of drug-likeness (QED) is 0.768. The molecule has 5 heteroatoms. The Kier molecular flexibility index (Phi) is 5.07. The van der Waals surface area contributed by atoms with Crippen LogP contribution in [0.3, 0.4) is 0 Å². The van der Waals surface area contributed by atoms with Crippen LogP contribution in [0.1, 0.15) is 37.0 Å². The zero-order valence-corrected chi connectivity index (χ0v) is 12.8. The summed E-state index contributed by atoms with van der Waals surface area (Å²) in [7, 11) is 0. The standard InChI is InChI=1S/C16H24N2O3/c1-3-20-13-6-5-12(9-14(13)21-4-2)15(19)18-11-16(10-17)7-8-16/h5-6,9H,3-4,7-8,10-11,17H2,1-2H3,(H,18,19). The van der Waals surface area contributed by atoms with Crippen LogP contribution >= 0.6 is 0 Å². The summed E-state index contributed by atoms with van der Waals surface area (Å²) >= 11 is 0. The highest BCUT2D eigenvalue weighted by Crippen LogP contribution is 2.43. The van der Waals surface area contributed by atoms with Gasteiger partial charge in [0.25, 0.3) is 5.91 Å². The van der Waals surface area contributed by atoms with E-state index >= 15 is 0 Å². The summed E-state index contributed by atoms with van der Waals surface area (Å²) in [6.07, 6.45) is 2.19. The first-order valence-corrected chi connectivity index (χ1v) is 7.52. The molecule has 0 atom stereocenters. The number of hydrogen-bond donors (Lipinski definition) is 2. The van der Waals surface area contributed by atoms with Gasteiger partial charge in [-0.15, -0.1) is 0 Å². The first kappa shape index (κ1) is 15.6. The van der Waals surface area contributed by atoms with Gasteiger partial charge in [-0.2, -0.15) is 0 Å². The van der Waals surface area contributed by atoms with E-state index in [1.165, 1.54) is 0 Å². The fourth-order valence-electron chi connectivity index (χ4n) is 2.19. The number of nitrogens with one attached hydrogen (secondary N) is 1. The van der Waals surface area contributed by atoms with Crippen molar-refractivity contribution in [1.29, 1.82) is 0 Å². The Morgan fingerprint density at radius 2 is 1.90 bits per heavy atom. The average Bonchev–Trinajstić information content (AvgIpc) is 3.28. The maximum Gasteiger partial charge on any atom is 0.251 e. The van der Waals surface area contributed by atoms with Gasteiger partial charge in [-0.05, 0) is 51.4 Å². The van der Waals surface area contributed by atoms with E-state index in [9.17, 15) is 4.79 Å². The SMILES string of the molecule is CCOc1ccc(C(=O)NCC2(CN)CC2)cc1OCC. The van der Waals surface area contributed by atoms with Gasteiger partial charge in [-0.3, -0.25) is 4.79 Å². The second-order valence-electron chi connectivity index (χ2n) is 5.41. The molecule has 0 saturated heterocycles. The van der Waals surface area contributed by atoms with Crippen LogP contribution in [0.2, 0.25) is 0 Å². The number of ether oxygens (including phenoxy) is 2. The predicted molar refractivity (Wildman–Crippen MR) is 81.8 cm³/mol. The van der Waals surface area contributed by atoms with Gasteiger partial charge >= 0.3 is 0 Å². The minimum atomic E-state index is -0.0984. The maximum absolute atomic E-state index is 12.2. The Morgan fingerprint density at radius 3 is 2.48 bits per heavy atom. The summed E-state index contributed by atoms with van der Waals surface area (Å²) < 4.78 is 11.0. The minimum Gasteiger partial charge on any atom is -0.490 e. The highest BCUT2D eigenvalue weighted by molar-refractivity contribution is 5.94. The third-order valence-electron chi connectivity index (χ3n) is 3.82. The van der Waals surface area contributed by atoms with Crippen LogP contribution in [-0.2, 0) is 0 Å². The number of benzene rings is 1. The number of carbonyl (C=O) groups is 1. The van der Waals surface area contributed by atoms with Crippen LogP contribution in [-0.4, -0.2) is 32.2 Å². The zero-order valence-electron chi connectivity index (χ0n) is 12.8. The molecule has 0 radical (unpaired) electrons. The van der Waals surface area contributed by atoms with E-state index in [0.717, 1.165) is 12.8 Å². The monoisotopic (exact) mass is 292 g/mol. The molecule has 0 heterocycles. The van der Waals surface area contributed by atoms with Gasteiger partial charge in [0.2, 0.25) is 0 Å². The smallest absolute Gasteiger partial charge is 0.251 e. The molecule has 1 aliphatic carbocycles. The van der Waals surface area contributed by atoms with Gasteiger partial charge in [-0.1, -0.05) is 0 Å². The summed E-state index contributed by atoms with van der Waals surface area (Å²) in [6, 6.07) is 5.26. The van der Waals surface area contributed by atoms with E-state index in [1.807, 2.05) is 13.8 Å². The summed E-state index contributed by atoms with van der Waals surface area (Å²) in [4.78, 5) is 12.2. The number of amides is 1. The summed E-state index contributed by atoms with van der Waals surface area (Å²) in [5.74, 6) is 1.17. The van der Waals surface area contributed by atoms with Crippen molar-refractivity contribution in [2.75, 3.05) is 26.3 Å². The van der Waals surface area contributed by atoms with Crippen molar-refractivity contribution in [2.24, 2.45) is 11.1 Å². The molecular weight excluding hydrogens is 268 g/mol. The molecule has 5 nitrogen and oxygen atoms in total. The maximum atomic E-state index is 12.2. The summed E-state index contributed by atoms with van der Waals surface area (Å²) in [5.41, 5.74) is 6.43. The molecule has 0 aliphatic heterocycles. The minimum absolute atomic E-state index is 0.0984. The van der Waals surface area contributed by atoms with Gasteiger partial charge in [0.1, 0.15) is 0 Å². The highest BCUT2D eigenvalue weighted by Gasteiger charge is 2.41. The third-order valence-corrected chi connectivity index (χ3v) is 3.82. The van der Waals surface area contributed by atoms with Gasteiger partial charge in [0.05, 0.1) is 13.2 Å². The Morgan fingerprint density at radius 1 is 1.24 bits per heavy atom. The summed E-state index contributed by atoms with van der Waals surface area (Å²) in [5, 5.41) is 2.96. The lowest BCUT2D eigenvalue weighted by atomic mass is 10.1. The normalized spacial score (nSPS) is 15.4. The van der Waals surface area contributed by atoms with E-state index in [-0.39, 0.29) is 11.3 Å². The van der Waals surface area contributed by atoms with Crippen LogP contribution in [0.15, 0.2) is 18.2 Å². The molecule has 21 heavy (non-hydrogen) atoms. The topological polar surface area (TPSA) is 73.6 Å². The molecule has 3 N–H and O–H groups in total. The molecule has 1 aromatic rings. The fraction of sp³-hybridized carbons (Fsp3) is 0.562. The largest absolute Gasteiger partial charge is 0.490 e. The number of rotatable bonds is 8. The Hall–Kier alpha value is -1.75. The Bertz CT molecular complexity index is 498. The second-order valence-corrected chi connectivity index (χ2v) is 5.41. The number of nitrogens with two attached hydrogens (primary N) is 1. The lowest BCUT2D eigenvalue weighted by molar-refractivity contribution is 0.0945. The average molecular weight is 292 g/mol. The van der Waals surface area contributed by atoms with Crippen molar-refractivity contribution >= 4 is 5.91 Å². The van der Waals surface area contributed by atoms with E-state index in [0.29, 0.717) is 43.4 Å². The van der Waals surface area contributed by atoms with Gasteiger partial charge < -0.3 is 20.5 Å². The molecule has 1 aromatic carbocycles. The molecule has 1 saturated carbocycles. The molecule has 1 aliphatic rings. The first-order valence-electron chi connectivity index (χ1n) is 7.52. The van der Waals surface area contributed by atoms with E-state index in [1.54, 1.807) is 18.2 Å². The Labute approximate surface area is 125 Å². The molecule has 116 valence electrons. The van der Waals surface area contributed by atoms with E-state index in [2.05, 4.69) is 5.32 Å². The molecule has 0 bridgehead atoms. The van der Waals surface area contributed by atoms with Crippen molar-refractivity contribution < 1.29 is 14.3 Å². The lowest BCUT2D eigenvalue weighted by Gasteiger charge is -2.15. The molecule has 0 unspecified atom stereocenters. The van der Waals surface area contributed by atoms with Crippen molar-refractivity contribution in [2.45, 2.75) is 26.7 Å². The summed E-state index contributed by atoms with van der Waals surface area (Å²) in [6.45, 7) is 6.17. The van der Waals surface area contributed by atoms with Crippen molar-refractivity contribution in [1.82, 2.24) is 5.32 Å². The zero-order chi connectivity index (χ0) is 15.3. The van der Waals surface area contributed by atoms with Gasteiger partial charge in [0.15, 0.2) is 11.5 Å². The molecule has 2 rings (SSSR count). The van der Waals surface area contributed by atoms with Gasteiger partial charge in [0, 0.05) is 17.5 Å². The molecule has 0 spiro atoms. The molecular formula is C16H24N2O3. The highest BCUT2D eigenvalue weighted by atomic mass is 16.5. The predicted octanol–water partition coefficient (Wildman–Crippen LogP) is 1.95. The van der Waals surface area contributed by atoms with Gasteiger partial charge in [-0.25, -0.2) is 0 Å². The lowest BCUT2D eigenvalue weighted by Crippen LogP contribution is -2.33. The Balaban J connectivity index is 2.04. The van der Waals surface area contributed by atoms with Crippen LogP contribution < -0.4 is 20.5 Å². The molecule has 0 aromatic heterocycles. The molecule has 1 fully saturated rings. The van der Waals surface area contributed by atoms with Crippen LogP contribution in [0.25, 0.3) is 0 Å². The van der Waals surface area contributed by atoms with Crippen LogP contribution in [0, 0.1) is 5.41 Å². The van der Waals surface area contributed by atoms with Crippen LogP contribution in [0.5, 0.6) is 11.5 Å². The van der Waals surface area contributed by atoms with Crippen molar-refractivity contribution in [3.8, 4) is 11.5 Å². The fourth-order valence-corrected chi connectivity index (χ4v) is 2.19. The first-order chi connectivity index (χ1) is 10.1. The van der Waals surface area contributed by atoms with E-state index < -0.39 is 0 Å². The third kappa shape index (κ3) is 3.88. The number of carbonyl (C=O) groups excluding carboxylic acids is 1. The van der Waals surface area contributed by atoms with E-state index in [4.69, 9.17) is 15.2 Å². The molecule has 1 amide bonds. The number of hydrogen-bond acceptors (Lipinski definition) is 4. The van der Waals surface area contributed by atoms with Crippen molar-refractivity contribution in [3.05, 3.63) is 23.8 Å². The second kappa shape index (κ2) is 6.80. The van der Waals surface area contributed by atoms with Crippen molar-refractivity contribution in [3.63, 3.8) is 0 Å².